The van der Waals surface area contributed by atoms with E-state index < -0.39 is 23.7 Å². The zero-order chi connectivity index (χ0) is 19.9. The van der Waals surface area contributed by atoms with Crippen molar-refractivity contribution in [2.75, 3.05) is 0 Å². The van der Waals surface area contributed by atoms with Crippen LogP contribution < -0.4 is 11.1 Å². The predicted molar refractivity (Wildman–Crippen MR) is 101 cm³/mol. The molecule has 144 valence electrons. The van der Waals surface area contributed by atoms with E-state index in [1.54, 1.807) is 0 Å². The second-order valence-electron chi connectivity index (χ2n) is 6.31. The van der Waals surface area contributed by atoms with E-state index in [1.165, 1.54) is 0 Å². The molecular weight excluding hydrogens is 362 g/mol. The van der Waals surface area contributed by atoms with E-state index >= 15 is 0 Å². The molecule has 0 saturated heterocycles. The Balaban J connectivity index is 1.70. The fourth-order valence-electron chi connectivity index (χ4n) is 2.85. The molecule has 0 aliphatic rings. The summed E-state index contributed by atoms with van der Waals surface area (Å²) in [4.78, 5) is 36.3. The highest BCUT2D eigenvalue weighted by Crippen LogP contribution is 2.20. The van der Waals surface area contributed by atoms with E-state index in [9.17, 15) is 14.4 Å². The summed E-state index contributed by atoms with van der Waals surface area (Å²) in [6, 6.07) is 17.3. The number of hydrogen-bond donors (Lipinski definition) is 3. The lowest BCUT2D eigenvalue weighted by Crippen LogP contribution is -2.37. The van der Waals surface area contributed by atoms with Crippen molar-refractivity contribution in [1.82, 2.24) is 15.5 Å². The molecule has 0 unspecified atom stereocenters. The van der Waals surface area contributed by atoms with E-state index in [1.807, 2.05) is 54.6 Å². The topological polar surface area (TPSA) is 125 Å². The van der Waals surface area contributed by atoms with Crippen molar-refractivity contribution >= 4 is 11.9 Å². The smallest absolute Gasteiger partial charge is 0.439 e. The molecule has 1 aromatic heterocycles. The van der Waals surface area contributed by atoms with E-state index in [4.69, 9.17) is 5.11 Å². The monoisotopic (exact) mass is 381 g/mol. The van der Waals surface area contributed by atoms with Crippen molar-refractivity contribution in [2.24, 2.45) is 0 Å². The summed E-state index contributed by atoms with van der Waals surface area (Å²) in [5.74, 6) is -2.65. The zero-order valence-electron chi connectivity index (χ0n) is 14.9. The maximum absolute atomic E-state index is 12.2. The molecule has 2 aromatic carbocycles. The molecule has 1 heterocycles. The number of nitrogens with one attached hydrogen (secondary N) is 2. The van der Waals surface area contributed by atoms with Gasteiger partial charge in [0.15, 0.2) is 0 Å². The molecule has 1 atom stereocenters. The van der Waals surface area contributed by atoms with Crippen molar-refractivity contribution in [3.63, 3.8) is 0 Å². The van der Waals surface area contributed by atoms with Gasteiger partial charge in [0.25, 0.3) is 5.91 Å². The number of carboxylic acid groups (broad SMARTS) is 1. The third-order valence-corrected chi connectivity index (χ3v) is 4.24. The minimum absolute atomic E-state index is 0.0949. The van der Waals surface area contributed by atoms with Gasteiger partial charge in [-0.3, -0.25) is 19.1 Å². The van der Waals surface area contributed by atoms with Gasteiger partial charge in [-0.2, -0.15) is 0 Å². The molecule has 0 radical (unpaired) electrons. The molecule has 3 aromatic rings. The van der Waals surface area contributed by atoms with Gasteiger partial charge in [-0.25, -0.2) is 4.79 Å². The maximum atomic E-state index is 12.2. The molecule has 28 heavy (non-hydrogen) atoms. The number of rotatable bonds is 8. The van der Waals surface area contributed by atoms with Gasteiger partial charge in [0.2, 0.25) is 5.82 Å². The summed E-state index contributed by atoms with van der Waals surface area (Å²) in [5, 5.41) is 15.0. The van der Waals surface area contributed by atoms with Gasteiger partial charge in [0, 0.05) is 12.5 Å². The Kier molecular flexibility index (Phi) is 6.01. The lowest BCUT2D eigenvalue weighted by atomic mass is 9.98. The number of aromatic nitrogens is 2. The molecule has 3 N–H and O–H groups in total. The highest BCUT2D eigenvalue weighted by Gasteiger charge is 2.18. The Morgan fingerprint density at radius 3 is 2.36 bits per heavy atom. The van der Waals surface area contributed by atoms with Gasteiger partial charge in [0.1, 0.15) is 0 Å². The van der Waals surface area contributed by atoms with Crippen LogP contribution in [-0.2, 0) is 11.2 Å². The Hall–Kier alpha value is -3.68. The third-order valence-electron chi connectivity index (χ3n) is 4.24. The van der Waals surface area contributed by atoms with Gasteiger partial charge in [-0.1, -0.05) is 54.6 Å². The summed E-state index contributed by atoms with van der Waals surface area (Å²) in [7, 11) is 0. The van der Waals surface area contributed by atoms with Crippen molar-refractivity contribution in [1.29, 1.82) is 0 Å². The third kappa shape index (κ3) is 5.16. The van der Waals surface area contributed by atoms with Crippen LogP contribution in [0.3, 0.4) is 0 Å². The van der Waals surface area contributed by atoms with Crippen LogP contribution in [0.2, 0.25) is 0 Å². The van der Waals surface area contributed by atoms with Crippen LogP contribution in [-0.4, -0.2) is 33.2 Å². The molecular formula is C20H19N3O5. The molecule has 8 heteroatoms. The number of H-pyrrole nitrogens is 1. The normalized spacial score (nSPS) is 11.7. The van der Waals surface area contributed by atoms with Crippen LogP contribution in [0, 0.1) is 0 Å². The van der Waals surface area contributed by atoms with Crippen LogP contribution in [0.15, 0.2) is 63.9 Å². The molecule has 0 aliphatic heterocycles. The number of nitrogens with zero attached hydrogens (tertiary/aromatic N) is 1. The van der Waals surface area contributed by atoms with Crippen LogP contribution in [0.1, 0.15) is 29.0 Å². The lowest BCUT2D eigenvalue weighted by molar-refractivity contribution is -0.137. The van der Waals surface area contributed by atoms with Crippen molar-refractivity contribution in [3.8, 4) is 11.1 Å². The number of carbonyl (C=O) groups is 2. The fourth-order valence-corrected chi connectivity index (χ4v) is 2.85. The summed E-state index contributed by atoms with van der Waals surface area (Å²) in [6.07, 6.45) is 0.585. The Morgan fingerprint density at radius 2 is 1.75 bits per heavy atom. The number of hydrogen-bond acceptors (Lipinski definition) is 5. The lowest BCUT2D eigenvalue weighted by Gasteiger charge is -2.17. The van der Waals surface area contributed by atoms with E-state index in [-0.39, 0.29) is 18.7 Å². The minimum Gasteiger partial charge on any atom is -0.481 e. The first-order chi connectivity index (χ1) is 13.5. The molecule has 1 amide bonds. The Bertz CT molecular complexity index is 992. The van der Waals surface area contributed by atoms with Gasteiger partial charge < -0.3 is 10.4 Å². The van der Waals surface area contributed by atoms with Crippen molar-refractivity contribution < 1.29 is 19.2 Å². The number of amides is 1. The standard InChI is InChI=1S/C20H19N3O5/c24-17(25)11-10-16(21-19(26)18-22-20(27)28-23-18)12-13-6-8-15(9-7-13)14-4-2-1-3-5-14/h1-9,16H,10-12H2,(H,21,26)(H,24,25)(H,22,23,27)/t16-/m0/s1. The van der Waals surface area contributed by atoms with E-state index in [0.717, 1.165) is 16.7 Å². The first-order valence-electron chi connectivity index (χ1n) is 8.74. The number of aliphatic carboxylic acids is 1. The number of aromatic amines is 1. The Morgan fingerprint density at radius 1 is 1.07 bits per heavy atom. The minimum atomic E-state index is -0.950. The van der Waals surface area contributed by atoms with E-state index in [2.05, 4.69) is 20.0 Å². The fraction of sp³-hybridized carbons (Fsp3) is 0.200. The number of carbonyl (C=O) groups excluding carboxylic acids is 1. The summed E-state index contributed by atoms with van der Waals surface area (Å²) < 4.78 is 4.32. The highest BCUT2D eigenvalue weighted by atomic mass is 16.5. The van der Waals surface area contributed by atoms with Crippen LogP contribution in [0.5, 0.6) is 0 Å². The summed E-state index contributed by atoms with van der Waals surface area (Å²) >= 11 is 0. The summed E-state index contributed by atoms with van der Waals surface area (Å²) in [6.45, 7) is 0. The first kappa shape index (κ1) is 19.1. The quantitative estimate of drug-likeness (QED) is 0.549. The number of benzene rings is 2. The van der Waals surface area contributed by atoms with Crippen LogP contribution in [0.4, 0.5) is 0 Å². The molecule has 3 rings (SSSR count). The highest BCUT2D eigenvalue weighted by molar-refractivity contribution is 5.90. The van der Waals surface area contributed by atoms with Gasteiger partial charge >= 0.3 is 11.7 Å². The van der Waals surface area contributed by atoms with Gasteiger partial charge in [-0.05, 0) is 34.7 Å². The zero-order valence-corrected chi connectivity index (χ0v) is 14.9. The SMILES string of the molecule is O=C(O)CC[C@@H](Cc1ccc(-c2ccccc2)cc1)NC(=O)c1noc(=O)[nH]1. The van der Waals surface area contributed by atoms with Crippen molar-refractivity contribution in [2.45, 2.75) is 25.3 Å². The number of carboxylic acids is 1. The second-order valence-corrected chi connectivity index (χ2v) is 6.31. The molecule has 0 fully saturated rings. The van der Waals surface area contributed by atoms with Gasteiger partial charge in [-0.15, -0.1) is 0 Å². The maximum Gasteiger partial charge on any atom is 0.439 e. The first-order valence-corrected chi connectivity index (χ1v) is 8.74. The predicted octanol–water partition coefficient (Wildman–Crippen LogP) is 2.24. The Labute approximate surface area is 160 Å². The van der Waals surface area contributed by atoms with E-state index in [0.29, 0.717) is 6.42 Å². The molecule has 0 aliphatic carbocycles. The molecule has 0 saturated carbocycles. The average molecular weight is 381 g/mol. The second kappa shape index (κ2) is 8.81. The largest absolute Gasteiger partial charge is 0.481 e. The summed E-state index contributed by atoms with van der Waals surface area (Å²) in [5.41, 5.74) is 3.11. The average Bonchev–Trinajstić information content (AvgIpc) is 3.14. The van der Waals surface area contributed by atoms with Crippen LogP contribution in [0.25, 0.3) is 11.1 Å². The molecule has 0 bridgehead atoms. The van der Waals surface area contributed by atoms with Crippen LogP contribution >= 0.6 is 0 Å². The van der Waals surface area contributed by atoms with Gasteiger partial charge in [0.05, 0.1) is 0 Å². The van der Waals surface area contributed by atoms with Crippen molar-refractivity contribution in [3.05, 3.63) is 76.5 Å². The molecule has 0 spiro atoms. The molecule has 8 nitrogen and oxygen atoms in total.